The van der Waals surface area contributed by atoms with Gasteiger partial charge < -0.3 is 13.9 Å². The van der Waals surface area contributed by atoms with Crippen molar-refractivity contribution in [2.24, 2.45) is 0 Å². The van der Waals surface area contributed by atoms with Gasteiger partial charge in [0, 0.05) is 17.7 Å². The van der Waals surface area contributed by atoms with Gasteiger partial charge in [0.1, 0.15) is 35.4 Å². The quantitative estimate of drug-likeness (QED) is 0.514. The number of allylic oxidation sites excluding steroid dienone is 1. The number of aryl methyl sites for hydroxylation is 2. The summed E-state index contributed by atoms with van der Waals surface area (Å²) in [7, 11) is 0. The van der Waals surface area contributed by atoms with Gasteiger partial charge in [-0.05, 0) is 49.7 Å². The molecular weight excluding hydrogens is 383 g/mol. The van der Waals surface area contributed by atoms with E-state index in [9.17, 15) is 9.18 Å². The van der Waals surface area contributed by atoms with Crippen LogP contribution in [0.4, 0.5) is 4.39 Å². The summed E-state index contributed by atoms with van der Waals surface area (Å²) in [6.45, 7) is 3.58. The number of ether oxygens (including phenoxy) is 2. The summed E-state index contributed by atoms with van der Waals surface area (Å²) >= 11 is 6.03. The first kappa shape index (κ1) is 18.3. The van der Waals surface area contributed by atoms with Gasteiger partial charge in [0.15, 0.2) is 5.76 Å². The first-order valence-electron chi connectivity index (χ1n) is 8.63. The topological polar surface area (TPSA) is 48.7 Å². The van der Waals surface area contributed by atoms with Crippen LogP contribution >= 0.6 is 11.6 Å². The lowest BCUT2D eigenvalue weighted by Crippen LogP contribution is -2.01. The molecule has 1 aliphatic heterocycles. The predicted octanol–water partition coefficient (Wildman–Crippen LogP) is 5.88. The number of hydrogen-bond donors (Lipinski definition) is 0. The van der Waals surface area contributed by atoms with Crippen LogP contribution < -0.4 is 9.47 Å². The molecule has 142 valence electrons. The zero-order valence-corrected chi connectivity index (χ0v) is 16.0. The van der Waals surface area contributed by atoms with E-state index >= 15 is 0 Å². The summed E-state index contributed by atoms with van der Waals surface area (Å²) in [6.07, 6.45) is 1.56. The first-order chi connectivity index (χ1) is 13.4. The van der Waals surface area contributed by atoms with Gasteiger partial charge in [0.05, 0.1) is 10.6 Å². The van der Waals surface area contributed by atoms with E-state index in [2.05, 4.69) is 0 Å². The fraction of sp³-hybridized carbons (Fsp3) is 0.136. The van der Waals surface area contributed by atoms with Crippen molar-refractivity contribution in [1.29, 1.82) is 0 Å². The third-order valence-electron chi connectivity index (χ3n) is 4.42. The van der Waals surface area contributed by atoms with Gasteiger partial charge in [-0.1, -0.05) is 17.7 Å². The minimum atomic E-state index is -0.434. The van der Waals surface area contributed by atoms with Gasteiger partial charge in [-0.2, -0.15) is 0 Å². The van der Waals surface area contributed by atoms with E-state index < -0.39 is 5.82 Å². The summed E-state index contributed by atoms with van der Waals surface area (Å²) in [5, 5.41) is 0.295. The minimum Gasteiger partial charge on any atom is -0.489 e. The highest BCUT2D eigenvalue weighted by molar-refractivity contribution is 6.31. The number of rotatable bonds is 4. The van der Waals surface area contributed by atoms with Crippen LogP contribution in [0.5, 0.6) is 11.5 Å². The summed E-state index contributed by atoms with van der Waals surface area (Å²) in [5.74, 6) is 1.67. The summed E-state index contributed by atoms with van der Waals surface area (Å²) in [4.78, 5) is 12.7. The molecule has 2 heterocycles. The van der Waals surface area contributed by atoms with Crippen molar-refractivity contribution in [2.75, 3.05) is 0 Å². The van der Waals surface area contributed by atoms with Gasteiger partial charge in [0.25, 0.3) is 0 Å². The second-order valence-corrected chi connectivity index (χ2v) is 6.90. The SMILES string of the molecule is Cc1ccc(/C=C2\Oc3cc(OCc4c(F)cccc4Cl)cc(C)c3C2=O)o1. The summed E-state index contributed by atoms with van der Waals surface area (Å²) < 4.78 is 30.8. The van der Waals surface area contributed by atoms with E-state index in [4.69, 9.17) is 25.5 Å². The molecule has 4 nitrogen and oxygen atoms in total. The number of fused-ring (bicyclic) bond motifs is 1. The molecule has 0 atom stereocenters. The van der Waals surface area contributed by atoms with Crippen LogP contribution in [0.25, 0.3) is 6.08 Å². The minimum absolute atomic E-state index is 0.0357. The number of hydrogen-bond acceptors (Lipinski definition) is 4. The number of ketones is 1. The third kappa shape index (κ3) is 3.41. The molecule has 0 saturated carbocycles. The Morgan fingerprint density at radius 3 is 2.71 bits per heavy atom. The molecule has 0 radical (unpaired) electrons. The van der Waals surface area contributed by atoms with E-state index in [1.54, 1.807) is 37.3 Å². The Bertz CT molecular complexity index is 1090. The lowest BCUT2D eigenvalue weighted by atomic mass is 10.0. The van der Waals surface area contributed by atoms with Crippen molar-refractivity contribution in [3.63, 3.8) is 0 Å². The Labute approximate surface area is 166 Å². The highest BCUT2D eigenvalue weighted by Gasteiger charge is 2.30. The smallest absolute Gasteiger partial charge is 0.232 e. The largest absolute Gasteiger partial charge is 0.489 e. The molecule has 0 saturated heterocycles. The fourth-order valence-corrected chi connectivity index (χ4v) is 3.26. The highest BCUT2D eigenvalue weighted by Crippen LogP contribution is 2.38. The molecule has 0 aliphatic carbocycles. The van der Waals surface area contributed by atoms with Crippen LogP contribution in [0.1, 0.15) is 33.0 Å². The van der Waals surface area contributed by atoms with Gasteiger partial charge in [-0.15, -0.1) is 0 Å². The van der Waals surface area contributed by atoms with E-state index in [1.165, 1.54) is 12.1 Å². The van der Waals surface area contributed by atoms with E-state index in [0.29, 0.717) is 33.4 Å². The zero-order valence-electron chi connectivity index (χ0n) is 15.2. The predicted molar refractivity (Wildman–Crippen MR) is 103 cm³/mol. The lowest BCUT2D eigenvalue weighted by molar-refractivity contribution is 0.101. The average Bonchev–Trinajstić information content (AvgIpc) is 3.18. The van der Waals surface area contributed by atoms with E-state index in [-0.39, 0.29) is 23.7 Å². The number of benzene rings is 2. The first-order valence-corrected chi connectivity index (χ1v) is 9.01. The molecule has 1 aromatic heterocycles. The number of furan rings is 1. The zero-order chi connectivity index (χ0) is 19.8. The van der Waals surface area contributed by atoms with Crippen LogP contribution in [0, 0.1) is 19.7 Å². The van der Waals surface area contributed by atoms with Crippen molar-refractivity contribution < 1.29 is 23.1 Å². The molecule has 0 amide bonds. The average molecular weight is 399 g/mol. The Balaban J connectivity index is 1.59. The van der Waals surface area contributed by atoms with Crippen LogP contribution in [-0.4, -0.2) is 5.78 Å². The molecule has 4 rings (SSSR count). The molecule has 0 fully saturated rings. The monoisotopic (exact) mass is 398 g/mol. The molecule has 2 aromatic carbocycles. The molecule has 3 aromatic rings. The van der Waals surface area contributed by atoms with E-state index in [0.717, 1.165) is 5.76 Å². The molecule has 0 bridgehead atoms. The molecule has 28 heavy (non-hydrogen) atoms. The maximum absolute atomic E-state index is 13.9. The summed E-state index contributed by atoms with van der Waals surface area (Å²) in [5.41, 5.74) is 1.45. The summed E-state index contributed by atoms with van der Waals surface area (Å²) in [6, 6.07) is 11.4. The molecule has 0 spiro atoms. The maximum Gasteiger partial charge on any atom is 0.232 e. The van der Waals surface area contributed by atoms with E-state index in [1.807, 2.05) is 13.0 Å². The standard InChI is InChI=1S/C22H16ClFO4/c1-12-8-15(26-11-16-17(23)4-3-5-18(16)24)10-19-21(12)22(25)20(28-19)9-14-7-6-13(2)27-14/h3-10H,11H2,1-2H3/b20-9-. The Morgan fingerprint density at radius 2 is 2.00 bits per heavy atom. The second-order valence-electron chi connectivity index (χ2n) is 6.49. The van der Waals surface area contributed by atoms with Crippen LogP contribution in [0.2, 0.25) is 5.02 Å². The van der Waals surface area contributed by atoms with Crippen molar-refractivity contribution in [2.45, 2.75) is 20.5 Å². The number of Topliss-reactive ketones (excluding diaryl/α,β-unsaturated/α-hetero) is 1. The number of carbonyl (C=O) groups excluding carboxylic acids is 1. The van der Waals surface area contributed by atoms with Crippen LogP contribution in [-0.2, 0) is 6.61 Å². The normalized spacial score (nSPS) is 14.3. The number of carbonyl (C=O) groups is 1. The number of halogens is 2. The van der Waals surface area contributed by atoms with Crippen LogP contribution in [0.3, 0.4) is 0 Å². The van der Waals surface area contributed by atoms with Gasteiger partial charge >= 0.3 is 0 Å². The van der Waals surface area contributed by atoms with Gasteiger partial charge in [-0.25, -0.2) is 4.39 Å². The van der Waals surface area contributed by atoms with Crippen LogP contribution in [0.15, 0.2) is 52.6 Å². The molecular formula is C22H16ClFO4. The Kier molecular flexibility index (Phi) is 4.69. The maximum atomic E-state index is 13.9. The second kappa shape index (κ2) is 7.17. The van der Waals surface area contributed by atoms with Crippen molar-refractivity contribution in [1.82, 2.24) is 0 Å². The van der Waals surface area contributed by atoms with Crippen molar-refractivity contribution in [3.8, 4) is 11.5 Å². The Morgan fingerprint density at radius 1 is 1.18 bits per heavy atom. The molecule has 1 aliphatic rings. The molecule has 6 heteroatoms. The van der Waals surface area contributed by atoms with Gasteiger partial charge in [-0.3, -0.25) is 4.79 Å². The molecule has 0 N–H and O–H groups in total. The molecule has 0 unspecified atom stereocenters. The fourth-order valence-electron chi connectivity index (χ4n) is 3.05. The van der Waals surface area contributed by atoms with Crippen molar-refractivity contribution >= 4 is 23.5 Å². The van der Waals surface area contributed by atoms with Gasteiger partial charge in [0.2, 0.25) is 5.78 Å². The lowest BCUT2D eigenvalue weighted by Gasteiger charge is -2.11. The third-order valence-corrected chi connectivity index (χ3v) is 4.78. The highest BCUT2D eigenvalue weighted by atomic mass is 35.5. The Hall–Kier alpha value is -3.05. The van der Waals surface area contributed by atoms with Crippen molar-refractivity contribution in [3.05, 3.63) is 87.3 Å².